The Hall–Kier alpha value is -4.18. The number of aliphatic hydroxyl groups is 1. The number of ether oxygens (including phenoxy) is 1. The van der Waals surface area contributed by atoms with Crippen LogP contribution in [0.1, 0.15) is 16.7 Å². The van der Waals surface area contributed by atoms with Crippen LogP contribution in [-0.4, -0.2) is 42.7 Å². The predicted molar refractivity (Wildman–Crippen MR) is 135 cm³/mol. The summed E-state index contributed by atoms with van der Waals surface area (Å²) in [4.78, 5) is 29.8. The van der Waals surface area contributed by atoms with Gasteiger partial charge in [-0.3, -0.25) is 13.9 Å². The lowest BCUT2D eigenvalue weighted by Crippen LogP contribution is -2.38. The smallest absolute Gasteiger partial charge is 0.332 e. The topological polar surface area (TPSA) is 116 Å². The highest BCUT2D eigenvalue weighted by Gasteiger charge is 2.21. The summed E-state index contributed by atoms with van der Waals surface area (Å²) in [6.07, 6.45) is 0.661. The van der Waals surface area contributed by atoms with Crippen molar-refractivity contribution in [2.24, 2.45) is 19.2 Å². The van der Waals surface area contributed by atoms with E-state index >= 15 is 0 Å². The van der Waals surface area contributed by atoms with Crippen LogP contribution >= 0.6 is 0 Å². The number of imidazole rings is 1. The number of fused-ring (bicyclic) bond motifs is 1. The summed E-state index contributed by atoms with van der Waals surface area (Å²) < 4.78 is 9.54. The van der Waals surface area contributed by atoms with E-state index in [0.29, 0.717) is 5.75 Å². The third-order valence-corrected chi connectivity index (χ3v) is 5.63. The minimum Gasteiger partial charge on any atom is -0.491 e. The van der Waals surface area contributed by atoms with Crippen LogP contribution in [0.15, 0.2) is 63.2 Å². The SMILES string of the molecule is Cc1ccc(C=NNc2nc3c(c(=O)n(C)c(=O)n3C)n2CC(O)COc2cccc(C)c2)cc1. The number of hydrogen-bond acceptors (Lipinski definition) is 7. The fourth-order valence-corrected chi connectivity index (χ4v) is 3.69. The molecule has 182 valence electrons. The van der Waals surface area contributed by atoms with Gasteiger partial charge in [0, 0.05) is 14.1 Å². The van der Waals surface area contributed by atoms with Crippen molar-refractivity contribution in [3.8, 4) is 5.75 Å². The van der Waals surface area contributed by atoms with Crippen LogP contribution < -0.4 is 21.4 Å². The van der Waals surface area contributed by atoms with E-state index in [-0.39, 0.29) is 30.3 Å². The van der Waals surface area contributed by atoms with Crippen LogP contribution in [0.2, 0.25) is 0 Å². The summed E-state index contributed by atoms with van der Waals surface area (Å²) in [6, 6.07) is 15.3. The Morgan fingerprint density at radius 2 is 1.83 bits per heavy atom. The summed E-state index contributed by atoms with van der Waals surface area (Å²) in [7, 11) is 2.94. The summed E-state index contributed by atoms with van der Waals surface area (Å²) in [6.45, 7) is 3.95. The van der Waals surface area contributed by atoms with Crippen molar-refractivity contribution in [2.45, 2.75) is 26.5 Å². The second kappa shape index (κ2) is 9.98. The van der Waals surface area contributed by atoms with Gasteiger partial charge in [-0.2, -0.15) is 10.1 Å². The average molecular weight is 477 g/mol. The monoisotopic (exact) mass is 476 g/mol. The van der Waals surface area contributed by atoms with Gasteiger partial charge in [-0.05, 0) is 37.1 Å². The Morgan fingerprint density at radius 3 is 2.54 bits per heavy atom. The molecule has 10 nitrogen and oxygen atoms in total. The fourth-order valence-electron chi connectivity index (χ4n) is 3.69. The van der Waals surface area contributed by atoms with E-state index in [1.54, 1.807) is 6.21 Å². The largest absolute Gasteiger partial charge is 0.491 e. The molecule has 10 heteroatoms. The first-order chi connectivity index (χ1) is 16.7. The van der Waals surface area contributed by atoms with Crippen molar-refractivity contribution >= 4 is 23.3 Å². The lowest BCUT2D eigenvalue weighted by molar-refractivity contribution is 0.0938. The Kier molecular flexibility index (Phi) is 6.83. The van der Waals surface area contributed by atoms with E-state index in [4.69, 9.17) is 4.74 Å². The van der Waals surface area contributed by atoms with Crippen molar-refractivity contribution in [3.63, 3.8) is 0 Å². The molecule has 35 heavy (non-hydrogen) atoms. The Balaban J connectivity index is 1.65. The van der Waals surface area contributed by atoms with E-state index in [9.17, 15) is 14.7 Å². The first kappa shape index (κ1) is 24.0. The summed E-state index contributed by atoms with van der Waals surface area (Å²) in [5.74, 6) is 0.857. The second-order valence-corrected chi connectivity index (χ2v) is 8.49. The minimum absolute atomic E-state index is 0.00127. The number of aliphatic hydroxyl groups excluding tert-OH is 1. The molecule has 0 spiro atoms. The molecule has 1 unspecified atom stereocenters. The standard InChI is InChI=1S/C25H28N6O4/c1-16-8-10-18(11-9-16)13-26-28-24-27-22-21(23(33)30(4)25(34)29(22)3)31(24)14-19(32)15-35-20-7-5-6-17(2)12-20/h5-13,19,32H,14-15H2,1-4H3,(H,27,28). The molecular formula is C25H28N6O4. The number of aryl methyl sites for hydroxylation is 3. The molecule has 4 aromatic rings. The number of nitrogens with zero attached hydrogens (tertiary/aromatic N) is 5. The number of hydrogen-bond donors (Lipinski definition) is 2. The van der Waals surface area contributed by atoms with Gasteiger partial charge in [-0.25, -0.2) is 10.2 Å². The van der Waals surface area contributed by atoms with Crippen LogP contribution in [-0.2, 0) is 20.6 Å². The van der Waals surface area contributed by atoms with Crippen molar-refractivity contribution in [2.75, 3.05) is 12.0 Å². The molecule has 1 atom stereocenters. The van der Waals surface area contributed by atoms with E-state index in [1.807, 2.05) is 62.4 Å². The van der Waals surface area contributed by atoms with E-state index in [1.165, 1.54) is 23.2 Å². The Bertz CT molecular complexity index is 1500. The molecule has 2 heterocycles. The number of anilines is 1. The normalized spacial score (nSPS) is 12.4. The van der Waals surface area contributed by atoms with Crippen molar-refractivity contribution in [1.29, 1.82) is 0 Å². The maximum absolute atomic E-state index is 13.0. The Morgan fingerprint density at radius 1 is 1.09 bits per heavy atom. The molecule has 0 saturated carbocycles. The van der Waals surface area contributed by atoms with Crippen molar-refractivity contribution in [3.05, 3.63) is 86.1 Å². The minimum atomic E-state index is -0.962. The Labute approximate surface area is 201 Å². The first-order valence-corrected chi connectivity index (χ1v) is 11.1. The van der Waals surface area contributed by atoms with Crippen LogP contribution in [0.3, 0.4) is 0 Å². The number of rotatable bonds is 8. The van der Waals surface area contributed by atoms with E-state index in [0.717, 1.165) is 21.3 Å². The zero-order valence-corrected chi connectivity index (χ0v) is 20.1. The predicted octanol–water partition coefficient (Wildman–Crippen LogP) is 1.94. The van der Waals surface area contributed by atoms with Crippen LogP contribution in [0.5, 0.6) is 5.75 Å². The van der Waals surface area contributed by atoms with Crippen LogP contribution in [0.4, 0.5) is 5.95 Å². The number of hydrazone groups is 1. The molecule has 0 bridgehead atoms. The maximum atomic E-state index is 13.0. The molecule has 0 fully saturated rings. The van der Waals surface area contributed by atoms with Gasteiger partial charge >= 0.3 is 5.69 Å². The van der Waals surface area contributed by atoms with Gasteiger partial charge in [0.15, 0.2) is 11.2 Å². The molecule has 0 amide bonds. The van der Waals surface area contributed by atoms with Gasteiger partial charge in [0.25, 0.3) is 5.56 Å². The van der Waals surface area contributed by atoms with Crippen molar-refractivity contribution in [1.82, 2.24) is 18.7 Å². The molecule has 0 saturated heterocycles. The molecular weight excluding hydrogens is 448 g/mol. The molecule has 2 aromatic heterocycles. The lowest BCUT2D eigenvalue weighted by Gasteiger charge is -2.15. The fraction of sp³-hybridized carbons (Fsp3) is 0.280. The first-order valence-electron chi connectivity index (χ1n) is 11.1. The molecule has 0 aliphatic heterocycles. The summed E-state index contributed by atoms with van der Waals surface area (Å²) >= 11 is 0. The van der Waals surface area contributed by atoms with Crippen LogP contribution in [0.25, 0.3) is 11.2 Å². The molecule has 2 N–H and O–H groups in total. The number of benzene rings is 2. The van der Waals surface area contributed by atoms with Gasteiger partial charge in [-0.15, -0.1) is 0 Å². The lowest BCUT2D eigenvalue weighted by atomic mass is 10.2. The highest BCUT2D eigenvalue weighted by atomic mass is 16.5. The van der Waals surface area contributed by atoms with E-state index < -0.39 is 17.4 Å². The number of nitrogens with one attached hydrogen (secondary N) is 1. The maximum Gasteiger partial charge on any atom is 0.332 e. The third-order valence-electron chi connectivity index (χ3n) is 5.63. The highest BCUT2D eigenvalue weighted by molar-refractivity contribution is 5.80. The summed E-state index contributed by atoms with van der Waals surface area (Å²) in [5, 5.41) is 15.0. The molecule has 2 aromatic carbocycles. The van der Waals surface area contributed by atoms with E-state index in [2.05, 4.69) is 15.5 Å². The van der Waals surface area contributed by atoms with Gasteiger partial charge in [0.1, 0.15) is 18.5 Å². The third kappa shape index (κ3) is 5.17. The van der Waals surface area contributed by atoms with Gasteiger partial charge in [0.05, 0.1) is 12.8 Å². The quantitative estimate of drug-likeness (QED) is 0.297. The van der Waals surface area contributed by atoms with Crippen molar-refractivity contribution < 1.29 is 9.84 Å². The molecule has 0 radical (unpaired) electrons. The van der Waals surface area contributed by atoms with Crippen LogP contribution in [0, 0.1) is 13.8 Å². The molecule has 0 aliphatic rings. The number of aromatic nitrogens is 4. The average Bonchev–Trinajstić information content (AvgIpc) is 3.19. The highest BCUT2D eigenvalue weighted by Crippen LogP contribution is 2.18. The van der Waals surface area contributed by atoms with Gasteiger partial charge in [-0.1, -0.05) is 42.0 Å². The molecule has 4 rings (SSSR count). The molecule has 0 aliphatic carbocycles. The zero-order chi connectivity index (χ0) is 25.1. The summed E-state index contributed by atoms with van der Waals surface area (Å²) in [5.41, 5.74) is 5.26. The second-order valence-electron chi connectivity index (χ2n) is 8.49. The zero-order valence-electron chi connectivity index (χ0n) is 20.1. The van der Waals surface area contributed by atoms with Gasteiger partial charge in [0.2, 0.25) is 5.95 Å². The van der Waals surface area contributed by atoms with Gasteiger partial charge < -0.3 is 14.4 Å².